The number of hydrogen-bond acceptors (Lipinski definition) is 4. The minimum atomic E-state index is 0.269. The lowest BCUT2D eigenvalue weighted by atomic mass is 9.90. The zero-order valence-corrected chi connectivity index (χ0v) is 14.8. The molecule has 1 fully saturated rings. The molecule has 6 nitrogen and oxygen atoms in total. The highest BCUT2D eigenvalue weighted by Crippen LogP contribution is 2.22. The van der Waals surface area contributed by atoms with Crippen LogP contribution < -0.4 is 5.32 Å². The molecule has 0 aliphatic carbocycles. The molecule has 0 radical (unpaired) electrons. The maximum Gasteiger partial charge on any atom is 0.222 e. The molecule has 0 saturated carbocycles. The Balaban J connectivity index is 1.48. The number of rotatable bonds is 5. The monoisotopic (exact) mass is 329 g/mol. The number of hydrogen-bond donors (Lipinski definition) is 1. The molecule has 1 amide bonds. The van der Waals surface area contributed by atoms with E-state index in [1.807, 2.05) is 23.2 Å². The van der Waals surface area contributed by atoms with Crippen molar-refractivity contribution in [1.82, 2.24) is 19.5 Å². The van der Waals surface area contributed by atoms with Gasteiger partial charge in [-0.1, -0.05) is 20.8 Å². The Hall–Kier alpha value is -2.11. The third-order valence-corrected chi connectivity index (χ3v) is 4.47. The van der Waals surface area contributed by atoms with Crippen LogP contribution in [0.3, 0.4) is 0 Å². The summed E-state index contributed by atoms with van der Waals surface area (Å²) in [4.78, 5) is 18.5. The van der Waals surface area contributed by atoms with Gasteiger partial charge in [0.15, 0.2) is 5.65 Å². The highest BCUT2D eigenvalue weighted by Gasteiger charge is 2.26. The highest BCUT2D eigenvalue weighted by molar-refractivity contribution is 5.76. The van der Waals surface area contributed by atoms with Crippen molar-refractivity contribution in [3.8, 4) is 0 Å². The van der Waals surface area contributed by atoms with Gasteiger partial charge < -0.3 is 10.2 Å². The largest absolute Gasteiger partial charge is 0.364 e. The molecule has 1 aliphatic heterocycles. The van der Waals surface area contributed by atoms with Gasteiger partial charge in [-0.05, 0) is 36.8 Å². The summed E-state index contributed by atoms with van der Waals surface area (Å²) >= 11 is 0. The lowest BCUT2D eigenvalue weighted by molar-refractivity contribution is -0.130. The van der Waals surface area contributed by atoms with Gasteiger partial charge in [-0.2, -0.15) is 0 Å². The van der Waals surface area contributed by atoms with E-state index in [9.17, 15) is 4.79 Å². The molecular weight excluding hydrogens is 302 g/mol. The van der Waals surface area contributed by atoms with Crippen LogP contribution in [0.5, 0.6) is 0 Å². The zero-order chi connectivity index (χ0) is 17.2. The molecule has 1 atom stereocenters. The number of fused-ring (bicyclic) bond motifs is 1. The lowest BCUT2D eigenvalue weighted by Gasteiger charge is -2.20. The first-order valence-corrected chi connectivity index (χ1v) is 8.75. The number of amides is 1. The molecule has 2 aromatic rings. The van der Waals surface area contributed by atoms with Gasteiger partial charge in [0.05, 0.1) is 0 Å². The summed E-state index contributed by atoms with van der Waals surface area (Å²) < 4.78 is 1.76. The predicted molar refractivity (Wildman–Crippen MR) is 94.9 cm³/mol. The van der Waals surface area contributed by atoms with Gasteiger partial charge in [0.2, 0.25) is 5.91 Å². The van der Waals surface area contributed by atoms with Gasteiger partial charge in [0.1, 0.15) is 5.82 Å². The second kappa shape index (κ2) is 6.79. The summed E-state index contributed by atoms with van der Waals surface area (Å²) in [5.41, 5.74) is 1.13. The fourth-order valence-corrected chi connectivity index (χ4v) is 3.13. The first kappa shape index (κ1) is 16.7. The van der Waals surface area contributed by atoms with Gasteiger partial charge in [-0.25, -0.2) is 9.50 Å². The molecule has 2 aromatic heterocycles. The van der Waals surface area contributed by atoms with E-state index >= 15 is 0 Å². The van der Waals surface area contributed by atoms with E-state index < -0.39 is 0 Å². The molecule has 0 spiro atoms. The lowest BCUT2D eigenvalue weighted by Crippen LogP contribution is -2.31. The molecule has 24 heavy (non-hydrogen) atoms. The van der Waals surface area contributed by atoms with E-state index in [1.165, 1.54) is 0 Å². The Morgan fingerprint density at radius 3 is 3.00 bits per heavy atom. The van der Waals surface area contributed by atoms with Crippen LogP contribution in [-0.2, 0) is 4.79 Å². The summed E-state index contributed by atoms with van der Waals surface area (Å²) in [6, 6.07) is 4.15. The minimum Gasteiger partial charge on any atom is -0.364 e. The van der Waals surface area contributed by atoms with Crippen molar-refractivity contribution in [1.29, 1.82) is 0 Å². The van der Waals surface area contributed by atoms with Crippen molar-refractivity contribution in [2.24, 2.45) is 5.41 Å². The van der Waals surface area contributed by atoms with Gasteiger partial charge >= 0.3 is 0 Å². The normalized spacial score (nSPS) is 18.3. The van der Waals surface area contributed by atoms with Crippen LogP contribution >= 0.6 is 0 Å². The van der Waals surface area contributed by atoms with Crippen LogP contribution in [0.2, 0.25) is 0 Å². The summed E-state index contributed by atoms with van der Waals surface area (Å²) in [7, 11) is 0. The molecule has 3 heterocycles. The fraction of sp³-hybridized carbons (Fsp3) is 0.611. The molecule has 6 heteroatoms. The predicted octanol–water partition coefficient (Wildman–Crippen LogP) is 2.96. The molecule has 130 valence electrons. The Morgan fingerprint density at radius 1 is 1.38 bits per heavy atom. The number of anilines is 1. The van der Waals surface area contributed by atoms with Gasteiger partial charge in [-0.3, -0.25) is 4.79 Å². The highest BCUT2D eigenvalue weighted by atomic mass is 16.2. The number of nitrogens with zero attached hydrogens (tertiary/aromatic N) is 4. The maximum absolute atomic E-state index is 12.3. The number of aromatic nitrogens is 3. The molecule has 1 N–H and O–H groups in total. The molecule has 1 saturated heterocycles. The third-order valence-electron chi connectivity index (χ3n) is 4.47. The van der Waals surface area contributed by atoms with E-state index in [2.05, 4.69) is 36.2 Å². The van der Waals surface area contributed by atoms with E-state index in [0.29, 0.717) is 11.8 Å². The van der Waals surface area contributed by atoms with E-state index in [1.54, 1.807) is 10.7 Å². The summed E-state index contributed by atoms with van der Waals surface area (Å²) in [5.74, 6) is 1.11. The first-order valence-electron chi connectivity index (χ1n) is 8.75. The molecule has 3 rings (SSSR count). The zero-order valence-electron chi connectivity index (χ0n) is 14.8. The first-order chi connectivity index (χ1) is 11.4. The topological polar surface area (TPSA) is 62.5 Å². The van der Waals surface area contributed by atoms with Crippen molar-refractivity contribution in [3.63, 3.8) is 0 Å². The summed E-state index contributed by atoms with van der Waals surface area (Å²) in [5, 5.41) is 7.92. The SMILES string of the molecule is CC(C)(C)CCCC(=O)N1CCC(Nc2ccc3nccn3n2)C1. The fourth-order valence-electron chi connectivity index (χ4n) is 3.13. The third kappa shape index (κ3) is 4.24. The van der Waals surface area contributed by atoms with Gasteiger partial charge in [0.25, 0.3) is 0 Å². The number of imidazole rings is 1. The molecule has 0 bridgehead atoms. The summed E-state index contributed by atoms with van der Waals surface area (Å²) in [6.45, 7) is 8.25. The van der Waals surface area contributed by atoms with Crippen molar-refractivity contribution < 1.29 is 4.79 Å². The van der Waals surface area contributed by atoms with Gasteiger partial charge in [0, 0.05) is 37.9 Å². The summed E-state index contributed by atoms with van der Waals surface area (Å²) in [6.07, 6.45) is 7.25. The smallest absolute Gasteiger partial charge is 0.222 e. The van der Waals surface area contributed by atoms with E-state index in [-0.39, 0.29) is 11.9 Å². The Labute approximate surface area is 143 Å². The van der Waals surface area contributed by atoms with Crippen LogP contribution in [0.15, 0.2) is 24.5 Å². The standard InChI is InChI=1S/C18H27N5O/c1-18(2,3)9-4-5-17(24)22-11-8-14(13-22)20-15-6-7-16-19-10-12-23(16)21-15/h6-7,10,12,14H,4-5,8-9,11,13H2,1-3H3,(H,20,21). The molecule has 1 unspecified atom stereocenters. The van der Waals surface area contributed by atoms with Crippen LogP contribution in [0, 0.1) is 5.41 Å². The van der Waals surface area contributed by atoms with Crippen LogP contribution in [0.25, 0.3) is 5.65 Å². The Kier molecular flexibility index (Phi) is 4.73. The van der Waals surface area contributed by atoms with E-state index in [0.717, 1.165) is 43.8 Å². The molecule has 1 aliphatic rings. The average molecular weight is 329 g/mol. The quantitative estimate of drug-likeness (QED) is 0.916. The Morgan fingerprint density at radius 2 is 2.21 bits per heavy atom. The van der Waals surface area contributed by atoms with Crippen LogP contribution in [-0.4, -0.2) is 44.5 Å². The van der Waals surface area contributed by atoms with E-state index in [4.69, 9.17) is 0 Å². The number of carbonyl (C=O) groups excluding carboxylic acids is 1. The number of likely N-dealkylation sites (tertiary alicyclic amines) is 1. The van der Waals surface area contributed by atoms with Crippen molar-refractivity contribution in [2.75, 3.05) is 18.4 Å². The number of carbonyl (C=O) groups is 1. The van der Waals surface area contributed by atoms with Crippen LogP contribution in [0.1, 0.15) is 46.5 Å². The Bertz CT molecular complexity index is 703. The van der Waals surface area contributed by atoms with Crippen molar-refractivity contribution in [2.45, 2.75) is 52.5 Å². The number of nitrogens with one attached hydrogen (secondary N) is 1. The average Bonchev–Trinajstić information content (AvgIpc) is 3.14. The van der Waals surface area contributed by atoms with Gasteiger partial charge in [-0.15, -0.1) is 5.10 Å². The molecule has 0 aromatic carbocycles. The molecular formula is C18H27N5O. The maximum atomic E-state index is 12.3. The second-order valence-electron chi connectivity index (χ2n) is 7.83. The second-order valence-corrected chi connectivity index (χ2v) is 7.83. The minimum absolute atomic E-state index is 0.269. The van der Waals surface area contributed by atoms with Crippen LogP contribution in [0.4, 0.5) is 5.82 Å². The van der Waals surface area contributed by atoms with Crippen molar-refractivity contribution in [3.05, 3.63) is 24.5 Å². The van der Waals surface area contributed by atoms with Crippen molar-refractivity contribution >= 4 is 17.4 Å².